The molecule has 0 spiro atoms. The summed E-state index contributed by atoms with van der Waals surface area (Å²) >= 11 is 7.74. The summed E-state index contributed by atoms with van der Waals surface area (Å²) in [5, 5.41) is 4.69. The van der Waals surface area contributed by atoms with E-state index in [-0.39, 0.29) is 12.1 Å². The number of ether oxygens (including phenoxy) is 1. The Hall–Kier alpha value is -1.40. The predicted molar refractivity (Wildman–Crippen MR) is 77.1 cm³/mol. The second-order valence-corrected chi connectivity index (χ2v) is 5.49. The van der Waals surface area contributed by atoms with Crippen molar-refractivity contribution in [1.82, 2.24) is 15.0 Å². The van der Waals surface area contributed by atoms with E-state index < -0.39 is 0 Å². The quantitative estimate of drug-likeness (QED) is 0.917. The first-order valence-corrected chi connectivity index (χ1v) is 7.11. The lowest BCUT2D eigenvalue weighted by molar-refractivity contribution is 0.380. The Morgan fingerprint density at radius 2 is 2.21 bits per heavy atom. The third-order valence-corrected chi connectivity index (χ3v) is 4.15. The Morgan fingerprint density at radius 1 is 1.42 bits per heavy atom. The number of nitrogens with one attached hydrogen (secondary N) is 1. The van der Waals surface area contributed by atoms with Crippen LogP contribution in [0.15, 0.2) is 12.4 Å². The molecular formula is C12H15ClN4OS. The molecule has 0 saturated heterocycles. The number of hydrogen-bond acceptors (Lipinski definition) is 6. The van der Waals surface area contributed by atoms with Gasteiger partial charge < -0.3 is 10.1 Å². The average molecular weight is 299 g/mol. The van der Waals surface area contributed by atoms with Crippen molar-refractivity contribution in [3.63, 3.8) is 0 Å². The lowest BCUT2D eigenvalue weighted by Crippen LogP contribution is -2.09. The van der Waals surface area contributed by atoms with Crippen molar-refractivity contribution in [3.05, 3.63) is 27.3 Å². The van der Waals surface area contributed by atoms with Gasteiger partial charge in [-0.2, -0.15) is 4.98 Å². The second-order valence-electron chi connectivity index (χ2n) is 3.94. The highest BCUT2D eigenvalue weighted by Gasteiger charge is 2.13. The van der Waals surface area contributed by atoms with Gasteiger partial charge in [-0.25, -0.2) is 9.97 Å². The van der Waals surface area contributed by atoms with E-state index in [1.54, 1.807) is 11.3 Å². The number of anilines is 1. The molecule has 19 heavy (non-hydrogen) atoms. The van der Waals surface area contributed by atoms with E-state index in [9.17, 15) is 0 Å². The molecule has 0 bridgehead atoms. The van der Waals surface area contributed by atoms with Gasteiger partial charge in [0.1, 0.15) is 10.0 Å². The van der Waals surface area contributed by atoms with E-state index in [0.29, 0.717) is 10.8 Å². The molecule has 2 heterocycles. The van der Waals surface area contributed by atoms with Gasteiger partial charge in [-0.15, -0.1) is 11.3 Å². The summed E-state index contributed by atoms with van der Waals surface area (Å²) in [6.45, 7) is 4.13. The largest absolute Gasteiger partial charge is 0.467 e. The van der Waals surface area contributed by atoms with Crippen LogP contribution >= 0.6 is 22.9 Å². The number of rotatable bonds is 5. The van der Waals surface area contributed by atoms with Crippen LogP contribution in [0.5, 0.6) is 6.01 Å². The molecule has 0 aromatic carbocycles. The number of nitrogens with zero attached hydrogens (tertiary/aromatic N) is 3. The van der Waals surface area contributed by atoms with Crippen LogP contribution in [0.25, 0.3) is 0 Å². The number of methoxy groups -OCH3 is 1. The monoisotopic (exact) mass is 298 g/mol. The molecule has 0 aliphatic rings. The Morgan fingerprint density at radius 3 is 2.84 bits per heavy atom. The molecule has 2 aromatic heterocycles. The van der Waals surface area contributed by atoms with Gasteiger partial charge in [0.15, 0.2) is 5.82 Å². The maximum absolute atomic E-state index is 6.06. The van der Waals surface area contributed by atoms with Gasteiger partial charge >= 0.3 is 6.01 Å². The molecule has 0 aliphatic carbocycles. The molecule has 102 valence electrons. The van der Waals surface area contributed by atoms with Gasteiger partial charge in [0.25, 0.3) is 0 Å². The van der Waals surface area contributed by atoms with Crippen LogP contribution in [0.1, 0.15) is 29.8 Å². The van der Waals surface area contributed by atoms with E-state index in [1.165, 1.54) is 18.2 Å². The number of thiazole rings is 1. The zero-order chi connectivity index (χ0) is 13.8. The zero-order valence-electron chi connectivity index (χ0n) is 11.0. The molecular weight excluding hydrogens is 284 g/mol. The average Bonchev–Trinajstić information content (AvgIpc) is 2.90. The maximum atomic E-state index is 6.06. The Balaban J connectivity index is 2.15. The molecule has 2 aromatic rings. The molecule has 1 unspecified atom stereocenters. The fourth-order valence-corrected chi connectivity index (χ4v) is 2.51. The minimum absolute atomic E-state index is 0.0300. The number of aromatic nitrogens is 3. The number of hydrogen-bond donors (Lipinski definition) is 1. The summed E-state index contributed by atoms with van der Waals surface area (Å²) in [7, 11) is 1.52. The van der Waals surface area contributed by atoms with Gasteiger partial charge in [-0.1, -0.05) is 18.5 Å². The van der Waals surface area contributed by atoms with Crippen LogP contribution in [0.4, 0.5) is 5.82 Å². The predicted octanol–water partition coefficient (Wildman–Crippen LogP) is 3.33. The summed E-state index contributed by atoms with van der Waals surface area (Å²) in [6.07, 6.45) is 4.41. The van der Waals surface area contributed by atoms with Crippen molar-refractivity contribution in [1.29, 1.82) is 0 Å². The van der Waals surface area contributed by atoms with Crippen LogP contribution in [0, 0.1) is 0 Å². The van der Waals surface area contributed by atoms with Crippen molar-refractivity contribution in [3.8, 4) is 6.01 Å². The molecule has 0 saturated carbocycles. The van der Waals surface area contributed by atoms with Crippen LogP contribution < -0.4 is 10.1 Å². The van der Waals surface area contributed by atoms with Crippen LogP contribution in [-0.2, 0) is 6.42 Å². The molecule has 0 fully saturated rings. The fraction of sp³-hybridized carbons (Fsp3) is 0.417. The fourth-order valence-electron chi connectivity index (χ4n) is 1.50. The van der Waals surface area contributed by atoms with Gasteiger partial charge in [-0.3, -0.25) is 0 Å². The third-order valence-electron chi connectivity index (χ3n) is 2.55. The summed E-state index contributed by atoms with van der Waals surface area (Å²) in [5.74, 6) is 0.550. The number of halogens is 1. The lowest BCUT2D eigenvalue weighted by Gasteiger charge is -2.13. The van der Waals surface area contributed by atoms with Crippen molar-refractivity contribution >= 4 is 28.8 Å². The first kappa shape index (κ1) is 14.0. The maximum Gasteiger partial charge on any atom is 0.318 e. The summed E-state index contributed by atoms with van der Waals surface area (Å²) in [5.41, 5.74) is 0. The van der Waals surface area contributed by atoms with E-state index in [0.717, 1.165) is 11.4 Å². The first-order chi connectivity index (χ1) is 9.13. The standard InChI is InChI=1S/C12H15ClN4OS/c1-4-8-5-14-11(19-8)7(2)16-10-9(13)6-15-12(17-10)18-3/h5-7H,4H2,1-3H3,(H,15,16,17). The summed E-state index contributed by atoms with van der Waals surface area (Å²) < 4.78 is 4.98. The highest BCUT2D eigenvalue weighted by atomic mass is 35.5. The van der Waals surface area contributed by atoms with Crippen molar-refractivity contribution in [2.45, 2.75) is 26.3 Å². The smallest absolute Gasteiger partial charge is 0.318 e. The number of aryl methyl sites for hydroxylation is 1. The Bertz CT molecular complexity index is 560. The Labute approximate surface area is 121 Å². The van der Waals surface area contributed by atoms with Crippen molar-refractivity contribution in [2.24, 2.45) is 0 Å². The molecule has 5 nitrogen and oxygen atoms in total. The SMILES string of the molecule is CCc1cnc(C(C)Nc2nc(OC)ncc2Cl)s1. The van der Waals surface area contributed by atoms with E-state index in [2.05, 4.69) is 27.2 Å². The molecule has 1 atom stereocenters. The lowest BCUT2D eigenvalue weighted by atomic mass is 10.3. The molecule has 0 amide bonds. The van der Waals surface area contributed by atoms with Crippen LogP contribution in [-0.4, -0.2) is 22.1 Å². The molecule has 0 radical (unpaired) electrons. The third kappa shape index (κ3) is 3.33. The van der Waals surface area contributed by atoms with Crippen molar-refractivity contribution in [2.75, 3.05) is 12.4 Å². The first-order valence-electron chi connectivity index (χ1n) is 5.91. The zero-order valence-corrected chi connectivity index (χ0v) is 12.5. The summed E-state index contributed by atoms with van der Waals surface area (Å²) in [6, 6.07) is 0.315. The molecule has 7 heteroatoms. The molecule has 2 rings (SSSR count). The highest BCUT2D eigenvalue weighted by molar-refractivity contribution is 7.11. The van der Waals surface area contributed by atoms with Crippen LogP contribution in [0.3, 0.4) is 0 Å². The Kier molecular flexibility index (Phi) is 4.55. The van der Waals surface area contributed by atoms with Crippen molar-refractivity contribution < 1.29 is 4.74 Å². The normalized spacial score (nSPS) is 12.2. The molecule has 1 N–H and O–H groups in total. The van der Waals surface area contributed by atoms with E-state index in [1.807, 2.05) is 13.1 Å². The van der Waals surface area contributed by atoms with Gasteiger partial charge in [0.2, 0.25) is 0 Å². The molecule has 0 aliphatic heterocycles. The van der Waals surface area contributed by atoms with Gasteiger partial charge in [0, 0.05) is 11.1 Å². The minimum Gasteiger partial charge on any atom is -0.467 e. The minimum atomic E-state index is 0.0300. The van der Waals surface area contributed by atoms with Crippen LogP contribution in [0.2, 0.25) is 5.02 Å². The van der Waals surface area contributed by atoms with Gasteiger partial charge in [-0.05, 0) is 13.3 Å². The topological polar surface area (TPSA) is 59.9 Å². The van der Waals surface area contributed by atoms with Gasteiger partial charge in [0.05, 0.1) is 19.3 Å². The highest BCUT2D eigenvalue weighted by Crippen LogP contribution is 2.27. The van der Waals surface area contributed by atoms with E-state index in [4.69, 9.17) is 16.3 Å². The summed E-state index contributed by atoms with van der Waals surface area (Å²) in [4.78, 5) is 13.8. The van der Waals surface area contributed by atoms with E-state index >= 15 is 0 Å². The second kappa shape index (κ2) is 6.16.